The van der Waals surface area contributed by atoms with E-state index in [1.807, 2.05) is 0 Å². The molecule has 0 aliphatic rings. The van der Waals surface area contributed by atoms with Gasteiger partial charge in [-0.25, -0.2) is 4.79 Å². The van der Waals surface area contributed by atoms with E-state index in [4.69, 9.17) is 34.8 Å². The first kappa shape index (κ1) is 14.3. The highest BCUT2D eigenvalue weighted by atomic mass is 35.5. The summed E-state index contributed by atoms with van der Waals surface area (Å²) < 4.78 is 2.94. The lowest BCUT2D eigenvalue weighted by Crippen LogP contribution is -2.30. The Bertz CT molecular complexity index is 183. The molecule has 0 aromatic carbocycles. The van der Waals surface area contributed by atoms with Crippen LogP contribution in [-0.2, 0) is 9.53 Å². The van der Waals surface area contributed by atoms with Gasteiger partial charge in [0.2, 0.25) is 4.33 Å². The average Bonchev–Trinajstić information content (AvgIpc) is 2.12. The Labute approximate surface area is 99.8 Å². The zero-order valence-corrected chi connectivity index (χ0v) is 10.6. The minimum atomic E-state index is -1.52. The number of hydrogen-bond acceptors (Lipinski definition) is 2. The molecule has 1 unspecified atom stereocenters. The molecular formula is C9H15Cl3O2. The van der Waals surface area contributed by atoms with Crippen LogP contribution < -0.4 is 0 Å². The number of alkyl halides is 3. The molecule has 14 heavy (non-hydrogen) atoms. The molecule has 0 aromatic heterocycles. The second-order valence-electron chi connectivity index (χ2n) is 3.14. The maximum absolute atomic E-state index is 11.1. The van der Waals surface area contributed by atoms with Crippen LogP contribution >= 0.6 is 34.8 Å². The second-order valence-corrected chi connectivity index (χ2v) is 5.24. The van der Waals surface area contributed by atoms with Gasteiger partial charge in [-0.15, -0.1) is 11.6 Å². The largest absolute Gasteiger partial charge is 0.467 e. The van der Waals surface area contributed by atoms with Crippen LogP contribution in [0.1, 0.15) is 32.6 Å². The van der Waals surface area contributed by atoms with E-state index in [1.165, 1.54) is 7.11 Å². The number of halogens is 3. The minimum absolute atomic E-state index is 0.191. The van der Waals surface area contributed by atoms with Gasteiger partial charge >= 0.3 is 5.97 Å². The fourth-order valence-electron chi connectivity index (χ4n) is 1.04. The molecule has 0 aromatic rings. The van der Waals surface area contributed by atoms with E-state index in [0.717, 1.165) is 19.3 Å². The van der Waals surface area contributed by atoms with Crippen LogP contribution in [0.15, 0.2) is 0 Å². The van der Waals surface area contributed by atoms with Crippen molar-refractivity contribution >= 4 is 40.8 Å². The monoisotopic (exact) mass is 260 g/mol. The zero-order chi connectivity index (χ0) is 11.2. The molecule has 2 nitrogen and oxygen atoms in total. The quantitative estimate of drug-likeness (QED) is 0.540. The van der Waals surface area contributed by atoms with Crippen LogP contribution in [0.3, 0.4) is 0 Å². The maximum Gasteiger partial charge on any atom is 0.342 e. The first-order valence-electron chi connectivity index (χ1n) is 4.54. The molecule has 1 atom stereocenters. The van der Waals surface area contributed by atoms with Crippen LogP contribution in [0, 0.1) is 0 Å². The number of unbranched alkanes of at least 4 members (excludes halogenated alkanes) is 1. The lowest BCUT2D eigenvalue weighted by molar-refractivity contribution is -0.141. The fraction of sp³-hybridized carbons (Fsp3) is 0.889. The van der Waals surface area contributed by atoms with Crippen molar-refractivity contribution in [2.24, 2.45) is 0 Å². The van der Waals surface area contributed by atoms with Crippen molar-refractivity contribution in [3.8, 4) is 0 Å². The number of esters is 1. The molecule has 0 N–H and O–H groups in total. The summed E-state index contributed by atoms with van der Waals surface area (Å²) in [5.74, 6) is -0.650. The van der Waals surface area contributed by atoms with Gasteiger partial charge in [0, 0.05) is 11.8 Å². The summed E-state index contributed by atoms with van der Waals surface area (Å²) in [6, 6.07) is 0. The van der Waals surface area contributed by atoms with E-state index < -0.39 is 10.3 Å². The maximum atomic E-state index is 11.1. The van der Waals surface area contributed by atoms with Gasteiger partial charge in [0.05, 0.1) is 7.11 Å². The smallest absolute Gasteiger partial charge is 0.342 e. The van der Waals surface area contributed by atoms with E-state index in [0.29, 0.717) is 0 Å². The summed E-state index contributed by atoms with van der Waals surface area (Å²) in [5, 5.41) is -0.191. The van der Waals surface area contributed by atoms with Gasteiger partial charge in [0.1, 0.15) is 0 Å². The summed E-state index contributed by atoms with van der Waals surface area (Å²) in [4.78, 5) is 11.1. The third-order valence-corrected chi connectivity index (χ3v) is 2.82. The average molecular weight is 262 g/mol. The Morgan fingerprint density at radius 2 is 2.07 bits per heavy atom. The Morgan fingerprint density at radius 1 is 1.50 bits per heavy atom. The molecule has 0 rings (SSSR count). The van der Waals surface area contributed by atoms with Gasteiger partial charge in [-0.3, -0.25) is 0 Å². The molecule has 0 aliphatic carbocycles. The highest BCUT2D eigenvalue weighted by molar-refractivity contribution is 6.57. The Morgan fingerprint density at radius 3 is 2.50 bits per heavy atom. The summed E-state index contributed by atoms with van der Waals surface area (Å²) in [6.45, 7) is 2.07. The minimum Gasteiger partial charge on any atom is -0.467 e. The van der Waals surface area contributed by atoms with Crippen molar-refractivity contribution < 1.29 is 9.53 Å². The first-order chi connectivity index (χ1) is 6.44. The molecule has 0 saturated heterocycles. The summed E-state index contributed by atoms with van der Waals surface area (Å²) in [7, 11) is 1.25. The highest BCUT2D eigenvalue weighted by Gasteiger charge is 2.36. The van der Waals surface area contributed by atoms with E-state index in [2.05, 4.69) is 11.7 Å². The molecule has 0 aliphatic heterocycles. The predicted molar refractivity (Wildman–Crippen MR) is 60.2 cm³/mol. The molecule has 0 fully saturated rings. The first-order valence-corrected chi connectivity index (χ1v) is 5.73. The van der Waals surface area contributed by atoms with Crippen molar-refractivity contribution in [3.63, 3.8) is 0 Å². The molecule has 5 heteroatoms. The molecule has 0 bridgehead atoms. The van der Waals surface area contributed by atoms with Crippen molar-refractivity contribution in [1.82, 2.24) is 0 Å². The van der Waals surface area contributed by atoms with Gasteiger partial charge in [0.25, 0.3) is 0 Å². The molecule has 0 amide bonds. The third kappa shape index (κ3) is 5.28. The molecule has 0 saturated carbocycles. The zero-order valence-electron chi connectivity index (χ0n) is 8.36. The number of ether oxygens (including phenoxy) is 1. The number of rotatable bonds is 6. The van der Waals surface area contributed by atoms with Crippen molar-refractivity contribution in [1.29, 1.82) is 0 Å². The van der Waals surface area contributed by atoms with Gasteiger partial charge in [-0.05, 0) is 6.42 Å². The van der Waals surface area contributed by atoms with Crippen LogP contribution in [-0.4, -0.2) is 22.8 Å². The molecular weight excluding hydrogens is 246 g/mol. The summed E-state index contributed by atoms with van der Waals surface area (Å²) >= 11 is 17.5. The lowest BCUT2D eigenvalue weighted by atomic mass is 10.1. The lowest BCUT2D eigenvalue weighted by Gasteiger charge is -2.19. The second kappa shape index (κ2) is 6.76. The number of carbonyl (C=O) groups is 1. The SMILES string of the molecule is CCCCC(Cl)CC(Cl)(Cl)C(=O)OC. The third-order valence-electron chi connectivity index (χ3n) is 1.83. The van der Waals surface area contributed by atoms with Crippen molar-refractivity contribution in [2.45, 2.75) is 42.3 Å². The van der Waals surface area contributed by atoms with Gasteiger partial charge < -0.3 is 4.74 Å². The molecule has 0 radical (unpaired) electrons. The Kier molecular flexibility index (Phi) is 6.92. The van der Waals surface area contributed by atoms with Gasteiger partial charge in [0.15, 0.2) is 0 Å². The van der Waals surface area contributed by atoms with E-state index in [-0.39, 0.29) is 11.8 Å². The summed E-state index contributed by atoms with van der Waals surface area (Å²) in [6.07, 6.45) is 3.07. The van der Waals surface area contributed by atoms with Crippen LogP contribution in [0.2, 0.25) is 0 Å². The highest BCUT2D eigenvalue weighted by Crippen LogP contribution is 2.31. The van der Waals surface area contributed by atoms with E-state index in [1.54, 1.807) is 0 Å². The fourth-order valence-corrected chi connectivity index (χ4v) is 2.11. The predicted octanol–water partition coefficient (Wildman–Crippen LogP) is 3.52. The van der Waals surface area contributed by atoms with Crippen LogP contribution in [0.25, 0.3) is 0 Å². The molecule has 84 valence electrons. The Hall–Kier alpha value is 0.340. The number of hydrogen-bond donors (Lipinski definition) is 0. The van der Waals surface area contributed by atoms with Gasteiger partial charge in [-0.1, -0.05) is 43.0 Å². The topological polar surface area (TPSA) is 26.3 Å². The standard InChI is InChI=1S/C9H15Cl3O2/c1-3-4-5-7(10)6-9(11,12)8(13)14-2/h7H,3-6H2,1-2H3. The van der Waals surface area contributed by atoms with Crippen molar-refractivity contribution in [2.75, 3.05) is 7.11 Å². The normalized spacial score (nSPS) is 13.8. The van der Waals surface area contributed by atoms with Gasteiger partial charge in [-0.2, -0.15) is 0 Å². The van der Waals surface area contributed by atoms with E-state index in [9.17, 15) is 4.79 Å². The Balaban J connectivity index is 4.01. The van der Waals surface area contributed by atoms with Crippen molar-refractivity contribution in [3.05, 3.63) is 0 Å². The number of methoxy groups -OCH3 is 1. The van der Waals surface area contributed by atoms with Crippen LogP contribution in [0.4, 0.5) is 0 Å². The summed E-state index contributed by atoms with van der Waals surface area (Å²) in [5.41, 5.74) is 0. The van der Waals surface area contributed by atoms with E-state index >= 15 is 0 Å². The van der Waals surface area contributed by atoms with Crippen LogP contribution in [0.5, 0.6) is 0 Å². The molecule has 0 heterocycles. The number of carbonyl (C=O) groups excluding carboxylic acids is 1. The molecule has 0 spiro atoms.